The molecule has 1 aromatic carbocycles. The molecule has 0 radical (unpaired) electrons. The first-order chi connectivity index (χ1) is 13.7. The Balaban J connectivity index is 1.51. The van der Waals surface area contributed by atoms with E-state index >= 15 is 0 Å². The third-order valence-electron chi connectivity index (χ3n) is 6.16. The molecule has 5 heteroatoms. The number of para-hydroxylation sites is 1. The Labute approximate surface area is 166 Å². The summed E-state index contributed by atoms with van der Waals surface area (Å²) >= 11 is 0. The first-order valence-electron chi connectivity index (χ1n) is 10.7. The molecule has 4 rings (SSSR count). The predicted molar refractivity (Wildman–Crippen MR) is 110 cm³/mol. The lowest BCUT2D eigenvalue weighted by Gasteiger charge is -2.32. The van der Waals surface area contributed by atoms with Gasteiger partial charge in [0.2, 0.25) is 0 Å². The van der Waals surface area contributed by atoms with E-state index < -0.39 is 0 Å². The normalized spacial score (nSPS) is 17.8. The second-order valence-electron chi connectivity index (χ2n) is 8.26. The van der Waals surface area contributed by atoms with E-state index in [0.717, 1.165) is 62.7 Å². The molecule has 2 aromatic rings. The Morgan fingerprint density at radius 2 is 2.00 bits per heavy atom. The number of carbonyl (C=O) groups excluding carboxylic acids is 2. The van der Waals surface area contributed by atoms with Crippen molar-refractivity contribution in [2.24, 2.45) is 5.92 Å². The van der Waals surface area contributed by atoms with E-state index in [9.17, 15) is 9.59 Å². The fourth-order valence-electron chi connectivity index (χ4n) is 4.33. The number of likely N-dealkylation sites (tertiary alicyclic amines) is 1. The van der Waals surface area contributed by atoms with Gasteiger partial charge in [-0.25, -0.2) is 4.79 Å². The summed E-state index contributed by atoms with van der Waals surface area (Å²) < 4.78 is 7.60. The van der Waals surface area contributed by atoms with E-state index in [0.29, 0.717) is 18.4 Å². The van der Waals surface area contributed by atoms with Gasteiger partial charge >= 0.3 is 6.09 Å². The lowest BCUT2D eigenvalue weighted by atomic mass is 9.88. The lowest BCUT2D eigenvalue weighted by Crippen LogP contribution is -2.38. The zero-order valence-corrected chi connectivity index (χ0v) is 16.7. The fraction of sp³-hybridized carbons (Fsp3) is 0.565. The predicted octanol–water partition coefficient (Wildman–Crippen LogP) is 4.98. The van der Waals surface area contributed by atoms with Gasteiger partial charge in [-0.2, -0.15) is 0 Å². The molecule has 1 saturated heterocycles. The molecule has 2 aliphatic rings. The zero-order valence-electron chi connectivity index (χ0n) is 16.7. The molecular formula is C23H30N2O3. The minimum Gasteiger partial charge on any atom is -0.449 e. The number of benzene rings is 1. The molecule has 28 heavy (non-hydrogen) atoms. The summed E-state index contributed by atoms with van der Waals surface area (Å²) in [5.74, 6) is 1.12. The van der Waals surface area contributed by atoms with E-state index in [-0.39, 0.29) is 6.09 Å². The van der Waals surface area contributed by atoms with Crippen LogP contribution in [0.2, 0.25) is 0 Å². The Hall–Kier alpha value is -2.30. The highest BCUT2D eigenvalue weighted by atomic mass is 16.6. The largest absolute Gasteiger partial charge is 0.449 e. The molecule has 2 heterocycles. The fourth-order valence-corrected chi connectivity index (χ4v) is 4.33. The van der Waals surface area contributed by atoms with Gasteiger partial charge in [0.1, 0.15) is 0 Å². The van der Waals surface area contributed by atoms with E-state index in [1.165, 1.54) is 23.9 Å². The zero-order chi connectivity index (χ0) is 19.5. The summed E-state index contributed by atoms with van der Waals surface area (Å²) in [7, 11) is 0. The van der Waals surface area contributed by atoms with Crippen LogP contribution in [0.3, 0.4) is 0 Å². The van der Waals surface area contributed by atoms with Gasteiger partial charge in [-0.15, -0.1) is 0 Å². The van der Waals surface area contributed by atoms with Gasteiger partial charge in [-0.1, -0.05) is 31.5 Å². The maximum atomic E-state index is 12.2. The van der Waals surface area contributed by atoms with Crippen LogP contribution < -0.4 is 0 Å². The summed E-state index contributed by atoms with van der Waals surface area (Å²) in [4.78, 5) is 25.7. The summed E-state index contributed by atoms with van der Waals surface area (Å²) in [6, 6.07) is 8.43. The number of amides is 1. The summed E-state index contributed by atoms with van der Waals surface area (Å²) in [5, 5.41) is 1.15. The first-order valence-corrected chi connectivity index (χ1v) is 10.7. The van der Waals surface area contributed by atoms with E-state index in [1.807, 2.05) is 11.0 Å². The number of piperidine rings is 1. The van der Waals surface area contributed by atoms with Crippen molar-refractivity contribution in [2.45, 2.75) is 57.9 Å². The van der Waals surface area contributed by atoms with Crippen LogP contribution in [0, 0.1) is 5.92 Å². The molecule has 1 aliphatic carbocycles. The van der Waals surface area contributed by atoms with Crippen molar-refractivity contribution < 1.29 is 14.3 Å². The first kappa shape index (κ1) is 19.0. The minimum atomic E-state index is -0.176. The van der Waals surface area contributed by atoms with Crippen LogP contribution in [0.5, 0.6) is 0 Å². The number of carbonyl (C=O) groups is 2. The number of hydrogen-bond donors (Lipinski definition) is 0. The van der Waals surface area contributed by atoms with Crippen molar-refractivity contribution >= 4 is 23.3 Å². The average Bonchev–Trinajstić information content (AvgIpc) is 3.47. The van der Waals surface area contributed by atoms with Gasteiger partial charge in [0.25, 0.3) is 0 Å². The smallest absolute Gasteiger partial charge is 0.409 e. The quantitative estimate of drug-likeness (QED) is 0.501. The number of aromatic nitrogens is 1. The highest BCUT2D eigenvalue weighted by molar-refractivity contribution is 5.91. The van der Waals surface area contributed by atoms with Gasteiger partial charge in [-0.3, -0.25) is 4.79 Å². The molecule has 0 spiro atoms. The number of unbranched alkanes of at least 4 members (excludes halogenated alkanes) is 1. The monoisotopic (exact) mass is 382 g/mol. The van der Waals surface area contributed by atoms with E-state index in [2.05, 4.69) is 29.7 Å². The Bertz CT molecular complexity index is 845. The highest BCUT2D eigenvalue weighted by Crippen LogP contribution is 2.37. The molecule has 150 valence electrons. The minimum absolute atomic E-state index is 0.176. The summed E-state index contributed by atoms with van der Waals surface area (Å²) in [6.07, 6.45) is 7.16. The number of aldehydes is 1. The molecule has 5 nitrogen and oxygen atoms in total. The summed E-state index contributed by atoms with van der Waals surface area (Å²) in [5.41, 5.74) is 3.33. The van der Waals surface area contributed by atoms with Crippen molar-refractivity contribution in [1.29, 1.82) is 0 Å². The maximum absolute atomic E-state index is 12.2. The summed E-state index contributed by atoms with van der Waals surface area (Å²) in [6.45, 7) is 5.01. The Kier molecular flexibility index (Phi) is 5.69. The van der Waals surface area contributed by atoms with Gasteiger partial charge in [-0.05, 0) is 55.6 Å². The van der Waals surface area contributed by atoms with Crippen LogP contribution in [-0.4, -0.2) is 41.5 Å². The molecular weight excluding hydrogens is 352 g/mol. The molecule has 0 unspecified atom stereocenters. The SMILES string of the molecule is CCCCOC(=O)N1CCC(c2cccc3cc(C=O)n(CC4CC4)c23)CC1. The molecule has 1 aliphatic heterocycles. The molecule has 0 bridgehead atoms. The van der Waals surface area contributed by atoms with Crippen LogP contribution in [0.1, 0.15) is 67.4 Å². The molecule has 0 N–H and O–H groups in total. The second kappa shape index (κ2) is 8.38. The third kappa shape index (κ3) is 3.94. The number of fused-ring (bicyclic) bond motifs is 1. The number of rotatable bonds is 7. The average molecular weight is 383 g/mol. The van der Waals surface area contributed by atoms with Crippen molar-refractivity contribution in [3.8, 4) is 0 Å². The topological polar surface area (TPSA) is 51.5 Å². The van der Waals surface area contributed by atoms with Crippen LogP contribution in [0.15, 0.2) is 24.3 Å². The standard InChI is InChI=1S/C23H30N2O3/c1-2-3-13-28-23(27)24-11-9-18(10-12-24)21-6-4-5-19-14-20(16-26)25(22(19)21)15-17-7-8-17/h4-6,14,16-18H,2-3,7-13,15H2,1H3. The van der Waals surface area contributed by atoms with Crippen LogP contribution >= 0.6 is 0 Å². The molecule has 1 aromatic heterocycles. The van der Waals surface area contributed by atoms with Gasteiger partial charge in [0, 0.05) is 25.0 Å². The second-order valence-corrected chi connectivity index (χ2v) is 8.26. The van der Waals surface area contributed by atoms with Crippen molar-refractivity contribution in [1.82, 2.24) is 9.47 Å². The highest BCUT2D eigenvalue weighted by Gasteiger charge is 2.28. The Morgan fingerprint density at radius 3 is 2.68 bits per heavy atom. The van der Waals surface area contributed by atoms with Gasteiger partial charge < -0.3 is 14.2 Å². The number of ether oxygens (including phenoxy) is 1. The van der Waals surface area contributed by atoms with Gasteiger partial charge in [0.05, 0.1) is 17.8 Å². The van der Waals surface area contributed by atoms with Crippen molar-refractivity contribution in [2.75, 3.05) is 19.7 Å². The van der Waals surface area contributed by atoms with Crippen LogP contribution in [0.25, 0.3) is 10.9 Å². The number of nitrogens with zero attached hydrogens (tertiary/aromatic N) is 2. The van der Waals surface area contributed by atoms with Crippen molar-refractivity contribution in [3.05, 3.63) is 35.5 Å². The van der Waals surface area contributed by atoms with Crippen LogP contribution in [-0.2, 0) is 11.3 Å². The maximum Gasteiger partial charge on any atom is 0.409 e. The van der Waals surface area contributed by atoms with Crippen molar-refractivity contribution in [3.63, 3.8) is 0 Å². The lowest BCUT2D eigenvalue weighted by molar-refractivity contribution is 0.0916. The third-order valence-corrected chi connectivity index (χ3v) is 6.16. The Morgan fingerprint density at radius 1 is 1.21 bits per heavy atom. The molecule has 1 amide bonds. The van der Waals surface area contributed by atoms with Gasteiger partial charge in [0.15, 0.2) is 6.29 Å². The van der Waals surface area contributed by atoms with E-state index in [1.54, 1.807) is 0 Å². The number of hydrogen-bond acceptors (Lipinski definition) is 3. The molecule has 0 atom stereocenters. The molecule has 2 fully saturated rings. The molecule has 1 saturated carbocycles. The van der Waals surface area contributed by atoms with E-state index in [4.69, 9.17) is 4.74 Å². The van der Waals surface area contributed by atoms with Crippen LogP contribution in [0.4, 0.5) is 4.79 Å².